The number of hydrogen-bond acceptors (Lipinski definition) is 3. The molecule has 0 saturated carbocycles. The van der Waals surface area contributed by atoms with Crippen molar-refractivity contribution in [3.05, 3.63) is 0 Å². The van der Waals surface area contributed by atoms with E-state index in [1.54, 1.807) is 22.6 Å². The van der Waals surface area contributed by atoms with Gasteiger partial charge in [-0.1, -0.05) is 22.6 Å². The summed E-state index contributed by atoms with van der Waals surface area (Å²) in [5.41, 5.74) is 0. The average Bonchev–Trinajstić information content (AvgIpc) is 1.62. The van der Waals surface area contributed by atoms with E-state index in [4.69, 9.17) is 5.11 Å². The maximum Gasteiger partial charge on any atom is 0.162 e. The zero-order valence-corrected chi connectivity index (χ0v) is 8.18. The molecular formula is C4H9IO3S. The second-order valence-electron chi connectivity index (χ2n) is 1.92. The van der Waals surface area contributed by atoms with Gasteiger partial charge in [0.2, 0.25) is 0 Å². The van der Waals surface area contributed by atoms with Crippen molar-refractivity contribution < 1.29 is 13.5 Å². The maximum absolute atomic E-state index is 10.6. The average molecular weight is 264 g/mol. The lowest BCUT2D eigenvalue weighted by molar-refractivity contribution is 0.214. The fourth-order valence-corrected chi connectivity index (χ4v) is 1.07. The Hall–Kier alpha value is 0.640. The van der Waals surface area contributed by atoms with Gasteiger partial charge in [-0.25, -0.2) is 8.42 Å². The monoisotopic (exact) mass is 264 g/mol. The summed E-state index contributed by atoms with van der Waals surface area (Å²) in [5.74, 6) is 0. The highest BCUT2D eigenvalue weighted by molar-refractivity contribution is 14.1. The van der Waals surface area contributed by atoms with Gasteiger partial charge in [-0.2, -0.15) is 0 Å². The summed E-state index contributed by atoms with van der Waals surface area (Å²) in [4.78, 5) is 0. The Morgan fingerprint density at radius 2 is 1.89 bits per heavy atom. The largest absolute Gasteiger partial charge is 0.391 e. The normalized spacial score (nSPS) is 19.1. The van der Waals surface area contributed by atoms with Crippen LogP contribution in [0, 0.1) is 0 Å². The van der Waals surface area contributed by atoms with Crippen molar-refractivity contribution in [1.82, 2.24) is 0 Å². The van der Waals surface area contributed by atoms with Crippen molar-refractivity contribution in [2.75, 3.05) is 6.26 Å². The number of rotatable bonds is 2. The van der Waals surface area contributed by atoms with Gasteiger partial charge in [0.05, 0.1) is 6.10 Å². The van der Waals surface area contributed by atoms with Gasteiger partial charge < -0.3 is 5.11 Å². The lowest BCUT2D eigenvalue weighted by atomic mass is 10.5. The highest BCUT2D eigenvalue weighted by atomic mass is 127. The van der Waals surface area contributed by atoms with Gasteiger partial charge in [0.15, 0.2) is 9.84 Å². The minimum absolute atomic E-state index is 0.685. The molecule has 1 N–H and O–H groups in total. The molecule has 0 saturated heterocycles. The standard InChI is InChI=1S/C4H9IO3S/c1-3(6)4(5)9(2,7)8/h3-4,6H,1-2H3/t3-,4-/m0/s1. The van der Waals surface area contributed by atoms with E-state index in [1.165, 1.54) is 6.92 Å². The fraction of sp³-hybridized carbons (Fsp3) is 1.00. The molecule has 3 nitrogen and oxygen atoms in total. The molecule has 0 bridgehead atoms. The predicted molar refractivity (Wildman–Crippen MR) is 44.3 cm³/mol. The van der Waals surface area contributed by atoms with E-state index < -0.39 is 19.2 Å². The molecule has 0 aromatic carbocycles. The van der Waals surface area contributed by atoms with Crippen LogP contribution in [0.25, 0.3) is 0 Å². The van der Waals surface area contributed by atoms with Gasteiger partial charge in [0.1, 0.15) is 3.26 Å². The lowest BCUT2D eigenvalue weighted by Crippen LogP contribution is -2.24. The SMILES string of the molecule is C[C@H](O)[C@@H](I)S(C)(=O)=O. The van der Waals surface area contributed by atoms with E-state index in [-0.39, 0.29) is 0 Å². The molecule has 0 aliphatic carbocycles. The lowest BCUT2D eigenvalue weighted by Gasteiger charge is -2.08. The quantitative estimate of drug-likeness (QED) is 0.571. The molecule has 0 aliphatic heterocycles. The number of sulfone groups is 1. The summed E-state index contributed by atoms with van der Waals surface area (Å²) >= 11 is 1.70. The molecule has 0 fully saturated rings. The molecule has 0 unspecified atom stereocenters. The summed E-state index contributed by atoms with van der Waals surface area (Å²) in [7, 11) is -3.07. The van der Waals surface area contributed by atoms with Gasteiger partial charge >= 0.3 is 0 Å². The maximum atomic E-state index is 10.6. The van der Waals surface area contributed by atoms with E-state index in [0.717, 1.165) is 6.26 Å². The van der Waals surface area contributed by atoms with Crippen molar-refractivity contribution >= 4 is 32.4 Å². The Morgan fingerprint density at radius 1 is 1.56 bits per heavy atom. The van der Waals surface area contributed by atoms with E-state index >= 15 is 0 Å². The molecule has 0 aliphatic rings. The van der Waals surface area contributed by atoms with Crippen LogP contribution in [-0.4, -0.2) is 29.1 Å². The molecule has 0 amide bonds. The fourth-order valence-electron chi connectivity index (χ4n) is 0.358. The van der Waals surface area contributed by atoms with Crippen LogP contribution >= 0.6 is 22.6 Å². The molecule has 0 heterocycles. The van der Waals surface area contributed by atoms with Crippen LogP contribution in [0.1, 0.15) is 6.92 Å². The minimum Gasteiger partial charge on any atom is -0.391 e. The first-order valence-corrected chi connectivity index (χ1v) is 5.56. The summed E-state index contributed by atoms with van der Waals surface area (Å²) in [6.45, 7) is 1.46. The highest BCUT2D eigenvalue weighted by Gasteiger charge is 2.21. The van der Waals surface area contributed by atoms with Crippen molar-refractivity contribution in [3.8, 4) is 0 Å². The Bertz CT molecular complexity index is 172. The first-order chi connectivity index (χ1) is 3.85. The first-order valence-electron chi connectivity index (χ1n) is 2.36. The number of alkyl halides is 1. The van der Waals surface area contributed by atoms with Crippen LogP contribution in [0.2, 0.25) is 0 Å². The summed E-state index contributed by atoms with van der Waals surface area (Å²) in [6.07, 6.45) is 0.317. The summed E-state index contributed by atoms with van der Waals surface area (Å²) in [5, 5.41) is 8.77. The third kappa shape index (κ3) is 3.36. The Labute approximate surface area is 68.5 Å². The van der Waals surface area contributed by atoms with Crippen molar-refractivity contribution in [2.24, 2.45) is 0 Å². The van der Waals surface area contributed by atoms with Gasteiger partial charge in [0.25, 0.3) is 0 Å². The van der Waals surface area contributed by atoms with Crippen LogP contribution in [-0.2, 0) is 9.84 Å². The highest BCUT2D eigenvalue weighted by Crippen LogP contribution is 2.12. The van der Waals surface area contributed by atoms with Crippen LogP contribution < -0.4 is 0 Å². The molecule has 5 heteroatoms. The first kappa shape index (κ1) is 9.64. The molecule has 9 heavy (non-hydrogen) atoms. The molecule has 0 spiro atoms. The predicted octanol–water partition coefficient (Wildman–Crippen LogP) is 0.173. The van der Waals surface area contributed by atoms with Crippen LogP contribution in [0.4, 0.5) is 0 Å². The van der Waals surface area contributed by atoms with E-state index in [2.05, 4.69) is 0 Å². The zero-order valence-electron chi connectivity index (χ0n) is 5.20. The van der Waals surface area contributed by atoms with Crippen molar-refractivity contribution in [1.29, 1.82) is 0 Å². The third-order valence-corrected chi connectivity index (χ3v) is 5.81. The second-order valence-corrected chi connectivity index (χ2v) is 6.28. The minimum atomic E-state index is -3.07. The smallest absolute Gasteiger partial charge is 0.162 e. The molecule has 2 atom stereocenters. The molecule has 0 rings (SSSR count). The molecule has 0 aromatic heterocycles. The number of hydrogen-bond donors (Lipinski definition) is 1. The molecule has 0 aromatic rings. The zero-order chi connectivity index (χ0) is 7.65. The third-order valence-electron chi connectivity index (χ3n) is 0.788. The van der Waals surface area contributed by atoms with Crippen LogP contribution in [0.3, 0.4) is 0 Å². The van der Waals surface area contributed by atoms with E-state index in [0.29, 0.717) is 0 Å². The summed E-state index contributed by atoms with van der Waals surface area (Å²) in [6, 6.07) is 0. The molecular weight excluding hydrogens is 255 g/mol. The van der Waals surface area contributed by atoms with Crippen molar-refractivity contribution in [3.63, 3.8) is 0 Å². The number of aliphatic hydroxyl groups excluding tert-OH is 1. The van der Waals surface area contributed by atoms with Crippen LogP contribution in [0.5, 0.6) is 0 Å². The number of halogens is 1. The van der Waals surface area contributed by atoms with Gasteiger partial charge in [-0.05, 0) is 6.92 Å². The van der Waals surface area contributed by atoms with E-state index in [9.17, 15) is 8.42 Å². The molecule has 0 radical (unpaired) electrons. The van der Waals surface area contributed by atoms with Crippen molar-refractivity contribution in [2.45, 2.75) is 16.3 Å². The topological polar surface area (TPSA) is 54.4 Å². The van der Waals surface area contributed by atoms with E-state index in [1.807, 2.05) is 0 Å². The second kappa shape index (κ2) is 3.16. The van der Waals surface area contributed by atoms with Crippen LogP contribution in [0.15, 0.2) is 0 Å². The summed E-state index contributed by atoms with van der Waals surface area (Å²) < 4.78 is 20.5. The van der Waals surface area contributed by atoms with Gasteiger partial charge in [0, 0.05) is 6.26 Å². The van der Waals surface area contributed by atoms with Gasteiger partial charge in [-0.15, -0.1) is 0 Å². The Morgan fingerprint density at radius 3 is 1.89 bits per heavy atom. The Kier molecular flexibility index (Phi) is 3.38. The number of aliphatic hydroxyl groups is 1. The Balaban J connectivity index is 4.24. The van der Waals surface area contributed by atoms with Gasteiger partial charge in [-0.3, -0.25) is 0 Å². The molecule has 56 valence electrons.